The summed E-state index contributed by atoms with van der Waals surface area (Å²) in [5.41, 5.74) is 2.00. The first-order valence-electron chi connectivity index (χ1n) is 6.45. The zero-order valence-electron chi connectivity index (χ0n) is 11.1. The van der Waals surface area contributed by atoms with E-state index in [1.807, 2.05) is 18.2 Å². The van der Waals surface area contributed by atoms with Crippen molar-refractivity contribution in [3.05, 3.63) is 50.8 Å². The lowest BCUT2D eigenvalue weighted by Crippen LogP contribution is -2.11. The second-order valence-electron chi connectivity index (χ2n) is 4.48. The van der Waals surface area contributed by atoms with Crippen molar-refractivity contribution in [2.24, 2.45) is 0 Å². The van der Waals surface area contributed by atoms with Gasteiger partial charge < -0.3 is 9.73 Å². The van der Waals surface area contributed by atoms with E-state index in [1.54, 1.807) is 12.1 Å². The molecule has 106 valence electrons. The Labute approximate surface area is 135 Å². The summed E-state index contributed by atoms with van der Waals surface area (Å²) in [5, 5.41) is 2.82. The molecule has 1 aromatic heterocycles. The highest BCUT2D eigenvalue weighted by molar-refractivity contribution is 9.10. The van der Waals surface area contributed by atoms with E-state index in [1.165, 1.54) is 18.4 Å². The fourth-order valence-electron chi connectivity index (χ4n) is 1.82. The third-order valence-corrected chi connectivity index (χ3v) is 3.98. The summed E-state index contributed by atoms with van der Waals surface area (Å²) in [7, 11) is 0. The molecule has 0 unspecified atom stereocenters. The summed E-state index contributed by atoms with van der Waals surface area (Å²) in [6, 6.07) is 9.31. The van der Waals surface area contributed by atoms with E-state index in [4.69, 9.17) is 4.42 Å². The predicted molar refractivity (Wildman–Crippen MR) is 87.1 cm³/mol. The van der Waals surface area contributed by atoms with Crippen LogP contribution in [0.2, 0.25) is 0 Å². The van der Waals surface area contributed by atoms with Crippen LogP contribution in [0.4, 0.5) is 5.69 Å². The lowest BCUT2D eigenvalue weighted by atomic mass is 10.1. The summed E-state index contributed by atoms with van der Waals surface area (Å²) in [5.74, 6) is 0.0107. The van der Waals surface area contributed by atoms with Crippen molar-refractivity contribution in [2.45, 2.75) is 26.2 Å². The number of furan rings is 1. The lowest BCUT2D eigenvalue weighted by molar-refractivity contribution is 0.0995. The molecule has 0 aliphatic rings. The maximum absolute atomic E-state index is 12.0. The fraction of sp³-hybridized carbons (Fsp3) is 0.267. The average molecular weight is 401 g/mol. The van der Waals surface area contributed by atoms with Crippen LogP contribution >= 0.6 is 31.9 Å². The van der Waals surface area contributed by atoms with Gasteiger partial charge in [-0.2, -0.15) is 0 Å². The molecular formula is C15H15Br2NO2. The van der Waals surface area contributed by atoms with E-state index < -0.39 is 0 Å². The van der Waals surface area contributed by atoms with Crippen LogP contribution in [0, 0.1) is 0 Å². The number of rotatable bonds is 5. The normalized spacial score (nSPS) is 10.6. The molecule has 0 fully saturated rings. The van der Waals surface area contributed by atoms with Crippen molar-refractivity contribution in [3.8, 4) is 0 Å². The zero-order valence-corrected chi connectivity index (χ0v) is 14.3. The molecule has 0 spiro atoms. The van der Waals surface area contributed by atoms with Crippen molar-refractivity contribution in [3.63, 3.8) is 0 Å². The zero-order chi connectivity index (χ0) is 14.5. The minimum Gasteiger partial charge on any atom is -0.444 e. The van der Waals surface area contributed by atoms with E-state index in [2.05, 4.69) is 44.1 Å². The van der Waals surface area contributed by atoms with E-state index in [9.17, 15) is 4.79 Å². The summed E-state index contributed by atoms with van der Waals surface area (Å²) in [4.78, 5) is 12.0. The van der Waals surface area contributed by atoms with Crippen LogP contribution in [-0.4, -0.2) is 5.91 Å². The first-order valence-corrected chi connectivity index (χ1v) is 8.04. The molecule has 0 radical (unpaired) electrons. The molecule has 0 aliphatic carbocycles. The molecule has 2 rings (SSSR count). The van der Waals surface area contributed by atoms with E-state index in [0.717, 1.165) is 16.6 Å². The van der Waals surface area contributed by atoms with E-state index >= 15 is 0 Å². The largest absolute Gasteiger partial charge is 0.444 e. The number of unbranched alkanes of at least 4 members (excludes halogenated alkanes) is 1. The fourth-order valence-corrected chi connectivity index (χ4v) is 2.65. The quantitative estimate of drug-likeness (QED) is 0.729. The second kappa shape index (κ2) is 7.09. The second-order valence-corrected chi connectivity index (χ2v) is 6.11. The van der Waals surface area contributed by atoms with Gasteiger partial charge in [0, 0.05) is 4.47 Å². The third kappa shape index (κ3) is 3.96. The number of nitrogens with one attached hydrogen (secondary N) is 1. The molecule has 0 atom stereocenters. The Kier molecular flexibility index (Phi) is 5.43. The summed E-state index contributed by atoms with van der Waals surface area (Å²) >= 11 is 6.67. The number of hydrogen-bond donors (Lipinski definition) is 1. The maximum Gasteiger partial charge on any atom is 0.291 e. The number of carbonyl (C=O) groups is 1. The van der Waals surface area contributed by atoms with Gasteiger partial charge in [0.2, 0.25) is 0 Å². The third-order valence-electron chi connectivity index (χ3n) is 2.90. The number of halogens is 2. The van der Waals surface area contributed by atoms with Crippen molar-refractivity contribution in [2.75, 3.05) is 5.32 Å². The Morgan fingerprint density at radius 2 is 2.05 bits per heavy atom. The molecule has 3 nitrogen and oxygen atoms in total. The van der Waals surface area contributed by atoms with Gasteiger partial charge in [0.25, 0.3) is 5.91 Å². The summed E-state index contributed by atoms with van der Waals surface area (Å²) < 4.78 is 6.64. The van der Waals surface area contributed by atoms with E-state index in [0.29, 0.717) is 4.67 Å². The Hall–Kier alpha value is -1.07. The van der Waals surface area contributed by atoms with Crippen LogP contribution in [0.1, 0.15) is 35.9 Å². The SMILES string of the molecule is CCCCc1ccc(NC(=O)c2ccc(Br)o2)c(Br)c1. The first-order chi connectivity index (χ1) is 9.60. The molecule has 1 aromatic carbocycles. The highest BCUT2D eigenvalue weighted by Crippen LogP contribution is 2.25. The summed E-state index contributed by atoms with van der Waals surface area (Å²) in [6.45, 7) is 2.17. The van der Waals surface area contributed by atoms with Crippen LogP contribution in [0.25, 0.3) is 0 Å². The highest BCUT2D eigenvalue weighted by Gasteiger charge is 2.12. The van der Waals surface area contributed by atoms with Crippen LogP contribution in [0.3, 0.4) is 0 Å². The molecule has 0 aliphatic heterocycles. The Morgan fingerprint density at radius 3 is 2.65 bits per heavy atom. The van der Waals surface area contributed by atoms with Crippen molar-refractivity contribution < 1.29 is 9.21 Å². The van der Waals surface area contributed by atoms with Crippen molar-refractivity contribution >= 4 is 43.5 Å². The van der Waals surface area contributed by atoms with Crippen LogP contribution in [-0.2, 0) is 6.42 Å². The van der Waals surface area contributed by atoms with Crippen molar-refractivity contribution in [1.29, 1.82) is 0 Å². The van der Waals surface area contributed by atoms with Gasteiger partial charge in [-0.25, -0.2) is 0 Å². The molecular weight excluding hydrogens is 386 g/mol. The number of benzene rings is 1. The molecule has 0 bridgehead atoms. The maximum atomic E-state index is 12.0. The van der Waals surface area contributed by atoms with Gasteiger partial charge in [-0.3, -0.25) is 4.79 Å². The van der Waals surface area contributed by atoms with Crippen LogP contribution < -0.4 is 5.32 Å². The molecule has 1 N–H and O–H groups in total. The molecule has 20 heavy (non-hydrogen) atoms. The number of carbonyl (C=O) groups excluding carboxylic acids is 1. The van der Waals surface area contributed by atoms with Gasteiger partial charge in [0.1, 0.15) is 0 Å². The highest BCUT2D eigenvalue weighted by atomic mass is 79.9. The van der Waals surface area contributed by atoms with E-state index in [-0.39, 0.29) is 11.7 Å². The van der Waals surface area contributed by atoms with Gasteiger partial charge in [0.15, 0.2) is 10.4 Å². The van der Waals surface area contributed by atoms with Crippen molar-refractivity contribution in [1.82, 2.24) is 0 Å². The van der Waals surface area contributed by atoms with Gasteiger partial charge in [0.05, 0.1) is 5.69 Å². The number of anilines is 1. The number of amides is 1. The number of hydrogen-bond acceptors (Lipinski definition) is 2. The minimum atomic E-state index is -0.266. The van der Waals surface area contributed by atoms with Gasteiger partial charge in [-0.1, -0.05) is 19.4 Å². The predicted octanol–water partition coefficient (Wildman–Crippen LogP) is 5.40. The van der Waals surface area contributed by atoms with Crippen LogP contribution in [0.5, 0.6) is 0 Å². The first kappa shape index (κ1) is 15.3. The minimum absolute atomic E-state index is 0.266. The molecule has 2 aromatic rings. The topological polar surface area (TPSA) is 42.2 Å². The molecule has 1 heterocycles. The Balaban J connectivity index is 2.07. The van der Waals surface area contributed by atoms with Gasteiger partial charge in [-0.15, -0.1) is 0 Å². The number of aryl methyl sites for hydroxylation is 1. The molecule has 5 heteroatoms. The molecule has 1 amide bonds. The Morgan fingerprint density at radius 1 is 1.25 bits per heavy atom. The molecule has 0 saturated carbocycles. The lowest BCUT2D eigenvalue weighted by Gasteiger charge is -2.08. The summed E-state index contributed by atoms with van der Waals surface area (Å²) in [6.07, 6.45) is 3.39. The van der Waals surface area contributed by atoms with Crippen LogP contribution in [0.15, 0.2) is 43.9 Å². The smallest absolute Gasteiger partial charge is 0.291 e. The van der Waals surface area contributed by atoms with Gasteiger partial charge in [-0.05, 0) is 74.5 Å². The standard InChI is InChI=1S/C15H15Br2NO2/c1-2-3-4-10-5-6-12(11(16)9-10)18-15(19)13-7-8-14(17)20-13/h5-9H,2-4H2,1H3,(H,18,19). The Bertz CT molecular complexity index is 608. The average Bonchev–Trinajstić information content (AvgIpc) is 2.86. The molecule has 0 saturated heterocycles. The monoisotopic (exact) mass is 399 g/mol. The van der Waals surface area contributed by atoms with Gasteiger partial charge >= 0.3 is 0 Å².